The number of unbranched alkanes of at least 4 members (excludes halogenated alkanes) is 4. The van der Waals surface area contributed by atoms with Crippen LogP contribution < -0.4 is 14.8 Å². The van der Waals surface area contributed by atoms with Crippen LogP contribution in [0.5, 0.6) is 17.2 Å². The maximum absolute atomic E-state index is 9.96. The molecule has 0 bridgehead atoms. The Morgan fingerprint density at radius 3 is 2.52 bits per heavy atom. The van der Waals surface area contributed by atoms with E-state index < -0.39 is 0 Å². The van der Waals surface area contributed by atoms with Crippen molar-refractivity contribution in [3.63, 3.8) is 0 Å². The molecule has 130 valence electrons. The average Bonchev–Trinajstić information content (AvgIpc) is 2.54. The molecule has 0 amide bonds. The van der Waals surface area contributed by atoms with E-state index in [9.17, 15) is 5.11 Å². The molecule has 0 unspecified atom stereocenters. The Kier molecular flexibility index (Phi) is 9.03. The lowest BCUT2D eigenvalue weighted by molar-refractivity contribution is 0.332. The molecule has 0 heterocycles. The molecule has 0 radical (unpaired) electrons. The lowest BCUT2D eigenvalue weighted by atomic mass is 10.1. The topological polar surface area (TPSA) is 50.7 Å². The molecule has 0 fully saturated rings. The summed E-state index contributed by atoms with van der Waals surface area (Å²) >= 11 is 0. The number of methoxy groups -OCH3 is 2. The number of allylic oxidation sites excluding steroid dienone is 1. The highest BCUT2D eigenvalue weighted by molar-refractivity contribution is 5.53. The highest BCUT2D eigenvalue weighted by Gasteiger charge is 2.11. The molecule has 1 aromatic rings. The minimum Gasteiger partial charge on any atom is -0.504 e. The van der Waals surface area contributed by atoms with Crippen LogP contribution in [0.1, 0.15) is 51.0 Å². The Balaban J connectivity index is 2.35. The van der Waals surface area contributed by atoms with E-state index in [0.717, 1.165) is 30.6 Å². The second-order valence-electron chi connectivity index (χ2n) is 5.79. The monoisotopic (exact) mass is 321 g/mol. The van der Waals surface area contributed by atoms with Gasteiger partial charge in [0, 0.05) is 12.2 Å². The van der Waals surface area contributed by atoms with Gasteiger partial charge in [-0.05, 0) is 37.0 Å². The molecule has 0 aliphatic heterocycles. The number of phenols is 1. The minimum absolute atomic E-state index is 0.108. The number of aromatic hydroxyl groups is 1. The van der Waals surface area contributed by atoms with Crippen molar-refractivity contribution in [2.45, 2.75) is 51.9 Å². The van der Waals surface area contributed by atoms with E-state index in [2.05, 4.69) is 18.8 Å². The predicted octanol–water partition coefficient (Wildman–Crippen LogP) is 4.42. The summed E-state index contributed by atoms with van der Waals surface area (Å²) in [5, 5.41) is 13.3. The van der Waals surface area contributed by atoms with E-state index in [1.54, 1.807) is 13.2 Å². The molecule has 23 heavy (non-hydrogen) atoms. The van der Waals surface area contributed by atoms with Crippen molar-refractivity contribution in [2.24, 2.45) is 0 Å². The number of ether oxygens (including phenoxy) is 2. The first-order chi connectivity index (χ1) is 11.1. The van der Waals surface area contributed by atoms with E-state index in [4.69, 9.17) is 9.47 Å². The van der Waals surface area contributed by atoms with E-state index in [0.29, 0.717) is 11.5 Å². The van der Waals surface area contributed by atoms with Crippen molar-refractivity contribution in [1.29, 1.82) is 0 Å². The van der Waals surface area contributed by atoms with Gasteiger partial charge in [-0.1, -0.05) is 39.2 Å². The molecule has 0 aliphatic carbocycles. The quantitative estimate of drug-likeness (QED) is 0.560. The number of benzene rings is 1. The van der Waals surface area contributed by atoms with Gasteiger partial charge in [0.05, 0.1) is 14.2 Å². The van der Waals surface area contributed by atoms with Gasteiger partial charge in [0.25, 0.3) is 0 Å². The van der Waals surface area contributed by atoms with Gasteiger partial charge < -0.3 is 19.9 Å². The fourth-order valence-electron chi connectivity index (χ4n) is 2.56. The fraction of sp³-hybridized carbons (Fsp3) is 0.579. The second kappa shape index (κ2) is 10.8. The molecule has 0 saturated heterocycles. The zero-order valence-corrected chi connectivity index (χ0v) is 14.8. The van der Waals surface area contributed by atoms with Crippen molar-refractivity contribution in [1.82, 2.24) is 5.32 Å². The van der Waals surface area contributed by atoms with Gasteiger partial charge in [-0.15, -0.1) is 0 Å². The molecule has 1 aromatic carbocycles. The van der Waals surface area contributed by atoms with Crippen LogP contribution in [0.15, 0.2) is 24.4 Å². The van der Waals surface area contributed by atoms with Crippen molar-refractivity contribution in [3.8, 4) is 17.2 Å². The number of nitrogens with one attached hydrogen (secondary N) is 1. The minimum atomic E-state index is 0.108. The molecule has 0 atom stereocenters. The molecular formula is C19H31NO3. The lowest BCUT2D eigenvalue weighted by Gasteiger charge is -2.13. The Hall–Kier alpha value is -1.84. The summed E-state index contributed by atoms with van der Waals surface area (Å²) in [5.41, 5.74) is 2.09. The SMILES string of the molecule is C=C(CCCCCCC)NCCc1cc(O)c(OC)c(OC)c1. The smallest absolute Gasteiger partial charge is 0.203 e. The largest absolute Gasteiger partial charge is 0.504 e. The summed E-state index contributed by atoms with van der Waals surface area (Å²) in [5.74, 6) is 1.04. The van der Waals surface area contributed by atoms with Crippen LogP contribution in [0.3, 0.4) is 0 Å². The highest BCUT2D eigenvalue weighted by Crippen LogP contribution is 2.37. The van der Waals surface area contributed by atoms with E-state index in [1.807, 2.05) is 6.07 Å². The zero-order chi connectivity index (χ0) is 17.1. The summed E-state index contributed by atoms with van der Waals surface area (Å²) in [6.07, 6.45) is 8.21. The Labute approximate surface area is 140 Å². The van der Waals surface area contributed by atoms with Gasteiger partial charge in [-0.3, -0.25) is 0 Å². The van der Waals surface area contributed by atoms with Gasteiger partial charge in [0.15, 0.2) is 11.5 Å². The summed E-state index contributed by atoms with van der Waals surface area (Å²) in [7, 11) is 3.09. The molecular weight excluding hydrogens is 290 g/mol. The maximum atomic E-state index is 9.96. The third-order valence-electron chi connectivity index (χ3n) is 3.89. The van der Waals surface area contributed by atoms with Crippen molar-refractivity contribution < 1.29 is 14.6 Å². The first-order valence-electron chi connectivity index (χ1n) is 8.47. The van der Waals surface area contributed by atoms with E-state index >= 15 is 0 Å². The highest BCUT2D eigenvalue weighted by atomic mass is 16.5. The average molecular weight is 321 g/mol. The van der Waals surface area contributed by atoms with Crippen LogP contribution in [0, 0.1) is 0 Å². The standard InChI is InChI=1S/C19H31NO3/c1-5-6-7-8-9-10-15(2)20-12-11-16-13-17(21)19(23-4)18(14-16)22-3/h13-14,20-21H,2,5-12H2,1,3-4H3. The normalized spacial score (nSPS) is 10.4. The van der Waals surface area contributed by atoms with Crippen molar-refractivity contribution >= 4 is 0 Å². The van der Waals surface area contributed by atoms with Crippen LogP contribution in [-0.4, -0.2) is 25.9 Å². The van der Waals surface area contributed by atoms with Gasteiger partial charge in [0.1, 0.15) is 0 Å². The second-order valence-corrected chi connectivity index (χ2v) is 5.79. The van der Waals surface area contributed by atoms with Crippen LogP contribution in [-0.2, 0) is 6.42 Å². The summed E-state index contributed by atoms with van der Waals surface area (Å²) in [6, 6.07) is 3.62. The van der Waals surface area contributed by atoms with Crippen LogP contribution >= 0.6 is 0 Å². The Morgan fingerprint density at radius 2 is 1.87 bits per heavy atom. The van der Waals surface area contributed by atoms with E-state index in [-0.39, 0.29) is 5.75 Å². The van der Waals surface area contributed by atoms with Crippen LogP contribution in [0.25, 0.3) is 0 Å². The summed E-state index contributed by atoms with van der Waals surface area (Å²) in [6.45, 7) is 7.10. The van der Waals surface area contributed by atoms with Crippen molar-refractivity contribution in [3.05, 3.63) is 30.0 Å². The maximum Gasteiger partial charge on any atom is 0.203 e. The number of hydrogen-bond donors (Lipinski definition) is 2. The van der Waals surface area contributed by atoms with Crippen molar-refractivity contribution in [2.75, 3.05) is 20.8 Å². The first-order valence-corrected chi connectivity index (χ1v) is 8.47. The Morgan fingerprint density at radius 1 is 1.13 bits per heavy atom. The fourth-order valence-corrected chi connectivity index (χ4v) is 2.56. The molecule has 4 nitrogen and oxygen atoms in total. The van der Waals surface area contributed by atoms with Crippen LogP contribution in [0.2, 0.25) is 0 Å². The van der Waals surface area contributed by atoms with E-state index in [1.165, 1.54) is 39.2 Å². The molecule has 4 heteroatoms. The molecule has 0 spiro atoms. The number of rotatable bonds is 12. The van der Waals surface area contributed by atoms with Gasteiger partial charge in [-0.25, -0.2) is 0 Å². The molecule has 1 rings (SSSR count). The summed E-state index contributed by atoms with van der Waals surface area (Å²) < 4.78 is 10.4. The zero-order valence-electron chi connectivity index (χ0n) is 14.8. The molecule has 2 N–H and O–H groups in total. The Bertz CT molecular complexity index is 486. The third kappa shape index (κ3) is 6.85. The van der Waals surface area contributed by atoms with Gasteiger partial charge in [0.2, 0.25) is 5.75 Å². The van der Waals surface area contributed by atoms with Gasteiger partial charge >= 0.3 is 0 Å². The first kappa shape index (κ1) is 19.2. The molecule has 0 aliphatic rings. The number of hydrogen-bond acceptors (Lipinski definition) is 4. The lowest BCUT2D eigenvalue weighted by Crippen LogP contribution is -2.16. The van der Waals surface area contributed by atoms with Crippen LogP contribution in [0.4, 0.5) is 0 Å². The third-order valence-corrected chi connectivity index (χ3v) is 3.89. The number of phenolic OH excluding ortho intramolecular Hbond substituents is 1. The summed E-state index contributed by atoms with van der Waals surface area (Å²) in [4.78, 5) is 0. The molecule has 0 saturated carbocycles. The molecule has 0 aromatic heterocycles. The van der Waals surface area contributed by atoms with Gasteiger partial charge in [-0.2, -0.15) is 0 Å². The predicted molar refractivity (Wildman–Crippen MR) is 95.4 cm³/mol.